The highest BCUT2D eigenvalue weighted by atomic mass is 16.5. The smallest absolute Gasteiger partial charge is 0.238 e. The highest BCUT2D eigenvalue weighted by molar-refractivity contribution is 5.57. The van der Waals surface area contributed by atoms with Crippen LogP contribution in [0.15, 0.2) is 48.8 Å². The van der Waals surface area contributed by atoms with E-state index < -0.39 is 0 Å². The Kier molecular flexibility index (Phi) is 4.42. The van der Waals surface area contributed by atoms with Crippen LogP contribution >= 0.6 is 0 Å². The van der Waals surface area contributed by atoms with E-state index >= 15 is 0 Å². The van der Waals surface area contributed by atoms with Gasteiger partial charge < -0.3 is 10.1 Å². The van der Waals surface area contributed by atoms with E-state index in [4.69, 9.17) is 4.74 Å². The summed E-state index contributed by atoms with van der Waals surface area (Å²) in [6, 6.07) is 13.2. The lowest BCUT2D eigenvalue weighted by Crippen LogP contribution is -1.97. The molecule has 3 aromatic rings. The Morgan fingerprint density at radius 1 is 1.00 bits per heavy atom. The topological polar surface area (TPSA) is 72.8 Å². The van der Waals surface area contributed by atoms with Crippen LogP contribution in [0, 0.1) is 6.92 Å². The van der Waals surface area contributed by atoms with Crippen molar-refractivity contribution in [1.29, 1.82) is 0 Å². The maximum absolute atomic E-state index is 5.65. The molecule has 0 unspecified atom stereocenters. The summed E-state index contributed by atoms with van der Waals surface area (Å²) in [6.45, 7) is 3.94. The van der Waals surface area contributed by atoms with Crippen molar-refractivity contribution in [2.24, 2.45) is 0 Å². The third-order valence-corrected chi connectivity index (χ3v) is 3.21. The Morgan fingerprint density at radius 2 is 1.83 bits per heavy atom. The van der Waals surface area contributed by atoms with Crippen molar-refractivity contribution < 1.29 is 4.74 Å². The number of nitrogens with zero attached hydrogens (tertiary/aromatic N) is 4. The number of benzene rings is 1. The molecule has 1 aromatic carbocycles. The normalized spacial score (nSPS) is 10.3. The molecule has 0 aliphatic heterocycles. The van der Waals surface area contributed by atoms with Gasteiger partial charge in [0, 0.05) is 23.5 Å². The number of aromatic nitrogens is 4. The van der Waals surface area contributed by atoms with Crippen LogP contribution in [0.25, 0.3) is 0 Å². The van der Waals surface area contributed by atoms with Crippen molar-refractivity contribution >= 4 is 11.5 Å². The van der Waals surface area contributed by atoms with Crippen molar-refractivity contribution in [2.75, 3.05) is 5.32 Å². The van der Waals surface area contributed by atoms with Crippen LogP contribution in [-0.2, 0) is 6.42 Å². The van der Waals surface area contributed by atoms with E-state index in [1.807, 2.05) is 43.3 Å². The standard InChI is InChI=1S/C17H17N5O/c1-3-13-10-16(19-11-18-13)20-14-5-7-15(8-6-14)23-17-9-4-12(2)21-22-17/h4-11H,3H2,1-2H3,(H,18,19,20). The molecule has 0 aliphatic rings. The quantitative estimate of drug-likeness (QED) is 0.775. The number of hydrogen-bond donors (Lipinski definition) is 1. The molecule has 6 nitrogen and oxygen atoms in total. The van der Waals surface area contributed by atoms with Gasteiger partial charge in [-0.05, 0) is 43.7 Å². The van der Waals surface area contributed by atoms with Crippen LogP contribution in [0.4, 0.5) is 11.5 Å². The highest BCUT2D eigenvalue weighted by Crippen LogP contribution is 2.22. The first-order chi connectivity index (χ1) is 11.2. The van der Waals surface area contributed by atoms with Gasteiger partial charge in [-0.2, -0.15) is 5.10 Å². The molecule has 1 N–H and O–H groups in total. The summed E-state index contributed by atoms with van der Waals surface area (Å²) < 4.78 is 5.65. The monoisotopic (exact) mass is 307 g/mol. The fourth-order valence-electron chi connectivity index (χ4n) is 1.98. The number of nitrogens with one attached hydrogen (secondary N) is 1. The molecule has 2 heterocycles. The molecule has 116 valence electrons. The predicted molar refractivity (Wildman–Crippen MR) is 88.0 cm³/mol. The Bertz CT molecular complexity index is 772. The number of rotatable bonds is 5. The lowest BCUT2D eigenvalue weighted by Gasteiger charge is -2.08. The van der Waals surface area contributed by atoms with Crippen molar-refractivity contribution in [3.05, 3.63) is 60.2 Å². The largest absolute Gasteiger partial charge is 0.438 e. The van der Waals surface area contributed by atoms with Crippen LogP contribution < -0.4 is 10.1 Å². The zero-order valence-electron chi connectivity index (χ0n) is 13.0. The average Bonchev–Trinajstić information content (AvgIpc) is 2.59. The lowest BCUT2D eigenvalue weighted by atomic mass is 10.3. The Morgan fingerprint density at radius 3 is 2.52 bits per heavy atom. The fraction of sp³-hybridized carbons (Fsp3) is 0.176. The molecule has 0 amide bonds. The van der Waals surface area contributed by atoms with Crippen LogP contribution in [0.2, 0.25) is 0 Å². The van der Waals surface area contributed by atoms with Crippen LogP contribution in [0.3, 0.4) is 0 Å². The zero-order chi connectivity index (χ0) is 16.1. The van der Waals surface area contributed by atoms with Crippen molar-refractivity contribution in [1.82, 2.24) is 20.2 Å². The second-order valence-electron chi connectivity index (χ2n) is 5.01. The first kappa shape index (κ1) is 14.9. The summed E-state index contributed by atoms with van der Waals surface area (Å²) in [6.07, 6.45) is 2.44. The first-order valence-electron chi connectivity index (χ1n) is 7.39. The molecule has 3 rings (SSSR count). The molecule has 0 saturated heterocycles. The van der Waals surface area contributed by atoms with Gasteiger partial charge >= 0.3 is 0 Å². The highest BCUT2D eigenvalue weighted by Gasteiger charge is 2.01. The fourth-order valence-corrected chi connectivity index (χ4v) is 1.98. The lowest BCUT2D eigenvalue weighted by molar-refractivity contribution is 0.454. The maximum Gasteiger partial charge on any atom is 0.238 e. The molecule has 0 saturated carbocycles. The average molecular weight is 307 g/mol. The molecule has 2 aromatic heterocycles. The third kappa shape index (κ3) is 4.00. The molecule has 0 aliphatic carbocycles. The van der Waals surface area contributed by atoms with E-state index in [1.165, 1.54) is 0 Å². The molecule has 6 heteroatoms. The second kappa shape index (κ2) is 6.83. The Labute approximate surface area is 134 Å². The Hall–Kier alpha value is -3.02. The molecule has 23 heavy (non-hydrogen) atoms. The van der Waals surface area contributed by atoms with E-state index in [0.717, 1.165) is 29.3 Å². The predicted octanol–water partition coefficient (Wildman–Crippen LogP) is 3.67. The van der Waals surface area contributed by atoms with Gasteiger partial charge in [0.2, 0.25) is 5.88 Å². The van der Waals surface area contributed by atoms with Gasteiger partial charge in [-0.15, -0.1) is 5.10 Å². The van der Waals surface area contributed by atoms with Crippen molar-refractivity contribution in [2.45, 2.75) is 20.3 Å². The molecular weight excluding hydrogens is 290 g/mol. The number of aryl methyl sites for hydroxylation is 2. The minimum atomic E-state index is 0.472. The molecule has 0 atom stereocenters. The van der Waals surface area contributed by atoms with Gasteiger partial charge in [-0.1, -0.05) is 6.92 Å². The zero-order valence-corrected chi connectivity index (χ0v) is 13.0. The Balaban J connectivity index is 1.67. The summed E-state index contributed by atoms with van der Waals surface area (Å²) in [5, 5.41) is 11.2. The van der Waals surface area contributed by atoms with E-state index in [9.17, 15) is 0 Å². The van der Waals surface area contributed by atoms with Gasteiger partial charge in [0.15, 0.2) is 0 Å². The van der Waals surface area contributed by atoms with Crippen LogP contribution in [-0.4, -0.2) is 20.2 Å². The molecule has 0 spiro atoms. The van der Waals surface area contributed by atoms with Crippen molar-refractivity contribution in [3.8, 4) is 11.6 Å². The first-order valence-corrected chi connectivity index (χ1v) is 7.39. The summed E-state index contributed by atoms with van der Waals surface area (Å²) in [7, 11) is 0. The van der Waals surface area contributed by atoms with E-state index in [2.05, 4.69) is 32.4 Å². The van der Waals surface area contributed by atoms with E-state index in [-0.39, 0.29) is 0 Å². The summed E-state index contributed by atoms with van der Waals surface area (Å²) in [5.74, 6) is 1.94. The van der Waals surface area contributed by atoms with Gasteiger partial charge in [0.05, 0.1) is 5.69 Å². The SMILES string of the molecule is CCc1cc(Nc2ccc(Oc3ccc(C)nn3)cc2)ncn1. The number of ether oxygens (including phenoxy) is 1. The minimum absolute atomic E-state index is 0.472. The van der Waals surface area contributed by atoms with Gasteiger partial charge in [-0.3, -0.25) is 0 Å². The van der Waals surface area contributed by atoms with Crippen LogP contribution in [0.1, 0.15) is 18.3 Å². The molecule has 0 fully saturated rings. The molecule has 0 radical (unpaired) electrons. The molecular formula is C17H17N5O. The van der Waals surface area contributed by atoms with E-state index in [1.54, 1.807) is 12.4 Å². The van der Waals surface area contributed by atoms with Crippen molar-refractivity contribution in [3.63, 3.8) is 0 Å². The minimum Gasteiger partial charge on any atom is -0.438 e. The second-order valence-corrected chi connectivity index (χ2v) is 5.01. The summed E-state index contributed by atoms with van der Waals surface area (Å²) >= 11 is 0. The van der Waals surface area contributed by atoms with Gasteiger partial charge in [0.1, 0.15) is 17.9 Å². The number of anilines is 2. The van der Waals surface area contributed by atoms with Crippen LogP contribution in [0.5, 0.6) is 11.6 Å². The number of hydrogen-bond acceptors (Lipinski definition) is 6. The molecule has 0 bridgehead atoms. The van der Waals surface area contributed by atoms with Gasteiger partial charge in [0.25, 0.3) is 0 Å². The summed E-state index contributed by atoms with van der Waals surface area (Å²) in [5.41, 5.74) is 2.78. The van der Waals surface area contributed by atoms with Gasteiger partial charge in [-0.25, -0.2) is 9.97 Å². The summed E-state index contributed by atoms with van der Waals surface area (Å²) in [4.78, 5) is 8.39. The maximum atomic E-state index is 5.65. The van der Waals surface area contributed by atoms with E-state index in [0.29, 0.717) is 11.6 Å². The third-order valence-electron chi connectivity index (χ3n) is 3.21.